The summed E-state index contributed by atoms with van der Waals surface area (Å²) in [5.41, 5.74) is 0.0986. The zero-order valence-electron chi connectivity index (χ0n) is 15.5. The molecule has 0 atom stereocenters. The fourth-order valence-electron chi connectivity index (χ4n) is 3.94. The van der Waals surface area contributed by atoms with Crippen LogP contribution in [0.3, 0.4) is 0 Å². The van der Waals surface area contributed by atoms with Gasteiger partial charge in [0, 0.05) is 50.4 Å². The molecule has 0 saturated carbocycles. The van der Waals surface area contributed by atoms with E-state index in [1.807, 2.05) is 23.2 Å². The molecule has 2 aromatic rings. The van der Waals surface area contributed by atoms with Gasteiger partial charge in [0.15, 0.2) is 5.82 Å². The predicted molar refractivity (Wildman–Crippen MR) is 99.8 cm³/mol. The number of aryl methyl sites for hydroxylation is 1. The van der Waals surface area contributed by atoms with Crippen LogP contribution in [-0.4, -0.2) is 49.4 Å². The molecule has 2 amide bonds. The molecule has 2 aliphatic rings. The normalized spacial score (nSPS) is 19.0. The second-order valence-electron chi connectivity index (χ2n) is 7.22. The van der Waals surface area contributed by atoms with E-state index >= 15 is 0 Å². The second-order valence-corrected chi connectivity index (χ2v) is 7.22. The highest BCUT2D eigenvalue weighted by Gasteiger charge is 2.45. The third-order valence-electron chi connectivity index (χ3n) is 5.51. The molecule has 4 rings (SSSR count). The molecule has 27 heavy (non-hydrogen) atoms. The lowest BCUT2D eigenvalue weighted by Crippen LogP contribution is -2.54. The van der Waals surface area contributed by atoms with E-state index in [1.165, 1.54) is 0 Å². The smallest absolute Gasteiger partial charge is 0.253 e. The number of likely N-dealkylation sites (tertiary alicyclic amines) is 1. The first kappa shape index (κ1) is 17.5. The fourth-order valence-corrected chi connectivity index (χ4v) is 3.94. The second kappa shape index (κ2) is 7.02. The largest absolute Gasteiger partial charge is 0.339 e. The summed E-state index contributed by atoms with van der Waals surface area (Å²) in [6.45, 7) is 1.07. The van der Waals surface area contributed by atoms with E-state index in [0.29, 0.717) is 31.7 Å². The van der Waals surface area contributed by atoms with Crippen LogP contribution in [0.1, 0.15) is 32.1 Å². The number of anilines is 1. The lowest BCUT2D eigenvalue weighted by molar-refractivity contribution is -0.135. The van der Waals surface area contributed by atoms with Crippen LogP contribution in [0.25, 0.3) is 0 Å². The van der Waals surface area contributed by atoms with Gasteiger partial charge in [0.05, 0.1) is 0 Å². The highest BCUT2D eigenvalue weighted by atomic mass is 16.2. The highest BCUT2D eigenvalue weighted by molar-refractivity contribution is 5.97. The maximum atomic E-state index is 13.2. The summed E-state index contributed by atoms with van der Waals surface area (Å²) < 4.78 is 3.37. The van der Waals surface area contributed by atoms with Crippen LogP contribution in [-0.2, 0) is 22.2 Å². The summed E-state index contributed by atoms with van der Waals surface area (Å²) >= 11 is 0. The Morgan fingerprint density at radius 1 is 1.22 bits per heavy atom. The Morgan fingerprint density at radius 2 is 2.04 bits per heavy atom. The molecule has 1 fully saturated rings. The monoisotopic (exact) mass is 368 g/mol. The molecular weight excluding hydrogens is 344 g/mol. The average molecular weight is 368 g/mol. The Bertz CT molecular complexity index is 859. The maximum Gasteiger partial charge on any atom is 0.253 e. The molecule has 3 heterocycles. The van der Waals surface area contributed by atoms with E-state index in [9.17, 15) is 9.59 Å². The first-order chi connectivity index (χ1) is 13.1. The van der Waals surface area contributed by atoms with Gasteiger partial charge in [0.25, 0.3) is 5.91 Å². The highest BCUT2D eigenvalue weighted by Crippen LogP contribution is 2.32. The van der Waals surface area contributed by atoms with E-state index in [2.05, 4.69) is 15.5 Å². The van der Waals surface area contributed by atoms with Gasteiger partial charge in [-0.15, -0.1) is 0 Å². The van der Waals surface area contributed by atoms with Gasteiger partial charge in [-0.2, -0.15) is 10.2 Å². The standard InChI is InChI=1S/C19H24N6O2/c1-23-12-7-16(22-23)21-18(27)19(25-11-4-10-20-25)8-13-24(14-9-19)17(26)15-5-2-3-6-15/h4-5,7,10-12H,2-3,6,8-9,13-14H2,1H3,(H,21,22,27). The van der Waals surface area contributed by atoms with Crippen LogP contribution in [0.2, 0.25) is 0 Å². The van der Waals surface area contributed by atoms with Crippen molar-refractivity contribution >= 4 is 17.6 Å². The lowest BCUT2D eigenvalue weighted by atomic mass is 9.86. The first-order valence-electron chi connectivity index (χ1n) is 9.38. The number of carbonyl (C=O) groups excluding carboxylic acids is 2. The molecule has 0 unspecified atom stereocenters. The zero-order valence-corrected chi connectivity index (χ0v) is 15.5. The Balaban J connectivity index is 1.53. The van der Waals surface area contributed by atoms with E-state index in [4.69, 9.17) is 0 Å². The van der Waals surface area contributed by atoms with E-state index < -0.39 is 5.54 Å². The minimum Gasteiger partial charge on any atom is -0.339 e. The minimum atomic E-state index is -0.818. The Hall–Kier alpha value is -2.90. The number of aromatic nitrogens is 4. The molecule has 0 aromatic carbocycles. The van der Waals surface area contributed by atoms with Crippen LogP contribution in [0.4, 0.5) is 5.82 Å². The summed E-state index contributed by atoms with van der Waals surface area (Å²) in [5.74, 6) is 0.493. The van der Waals surface area contributed by atoms with Crippen LogP contribution in [0.5, 0.6) is 0 Å². The molecule has 0 radical (unpaired) electrons. The molecule has 8 nitrogen and oxygen atoms in total. The SMILES string of the molecule is Cn1ccc(NC(=O)C2(n3cccn3)CCN(C(=O)C3=CCCC3)CC2)n1. The van der Waals surface area contributed by atoms with Gasteiger partial charge in [0.1, 0.15) is 5.54 Å². The third kappa shape index (κ3) is 3.27. The van der Waals surface area contributed by atoms with Crippen molar-refractivity contribution < 1.29 is 9.59 Å². The van der Waals surface area contributed by atoms with Crippen molar-refractivity contribution in [3.63, 3.8) is 0 Å². The molecule has 0 bridgehead atoms. The number of carbonyl (C=O) groups is 2. The summed E-state index contributed by atoms with van der Waals surface area (Å²) in [6, 6.07) is 3.58. The Labute approximate surface area is 157 Å². The van der Waals surface area contributed by atoms with Crippen molar-refractivity contribution in [1.82, 2.24) is 24.5 Å². The number of nitrogens with zero attached hydrogens (tertiary/aromatic N) is 5. The van der Waals surface area contributed by atoms with Crippen molar-refractivity contribution in [3.8, 4) is 0 Å². The van der Waals surface area contributed by atoms with Gasteiger partial charge in [0.2, 0.25) is 5.91 Å². The number of hydrogen-bond acceptors (Lipinski definition) is 4. The van der Waals surface area contributed by atoms with Crippen LogP contribution < -0.4 is 5.32 Å². The lowest BCUT2D eigenvalue weighted by Gasteiger charge is -2.40. The van der Waals surface area contributed by atoms with Gasteiger partial charge in [-0.3, -0.25) is 19.0 Å². The number of nitrogens with one attached hydrogen (secondary N) is 1. The minimum absolute atomic E-state index is 0.117. The number of piperidine rings is 1. The molecule has 8 heteroatoms. The van der Waals surface area contributed by atoms with Crippen molar-refractivity contribution in [2.24, 2.45) is 7.05 Å². The number of allylic oxidation sites excluding steroid dienone is 1. The summed E-state index contributed by atoms with van der Waals surface area (Å²) in [6.07, 6.45) is 11.3. The molecule has 1 aliphatic heterocycles. The van der Waals surface area contributed by atoms with Crippen LogP contribution in [0.15, 0.2) is 42.4 Å². The van der Waals surface area contributed by atoms with Crippen molar-refractivity contribution in [2.45, 2.75) is 37.6 Å². The van der Waals surface area contributed by atoms with E-state index in [1.54, 1.807) is 34.9 Å². The molecule has 0 spiro atoms. The van der Waals surface area contributed by atoms with Crippen molar-refractivity contribution in [1.29, 1.82) is 0 Å². The third-order valence-corrected chi connectivity index (χ3v) is 5.51. The van der Waals surface area contributed by atoms with E-state index in [0.717, 1.165) is 24.8 Å². The number of rotatable bonds is 4. The van der Waals surface area contributed by atoms with Crippen molar-refractivity contribution in [2.75, 3.05) is 18.4 Å². The first-order valence-corrected chi connectivity index (χ1v) is 9.38. The van der Waals surface area contributed by atoms with Gasteiger partial charge in [-0.1, -0.05) is 6.08 Å². The Morgan fingerprint density at radius 3 is 2.63 bits per heavy atom. The molecular formula is C19H24N6O2. The van der Waals surface area contributed by atoms with Crippen LogP contribution >= 0.6 is 0 Å². The summed E-state index contributed by atoms with van der Waals surface area (Å²) in [5, 5.41) is 11.5. The fraction of sp³-hybridized carbons (Fsp3) is 0.474. The molecule has 1 saturated heterocycles. The van der Waals surface area contributed by atoms with Crippen molar-refractivity contribution in [3.05, 3.63) is 42.4 Å². The van der Waals surface area contributed by atoms with E-state index in [-0.39, 0.29) is 11.8 Å². The summed E-state index contributed by atoms with van der Waals surface area (Å²) in [7, 11) is 1.81. The molecule has 142 valence electrons. The topological polar surface area (TPSA) is 85.0 Å². The predicted octanol–water partition coefficient (Wildman–Crippen LogP) is 1.68. The van der Waals surface area contributed by atoms with Crippen LogP contribution in [0, 0.1) is 0 Å². The molecule has 2 aromatic heterocycles. The zero-order chi connectivity index (χ0) is 18.9. The molecule has 1 aliphatic carbocycles. The van der Waals surface area contributed by atoms with Gasteiger partial charge >= 0.3 is 0 Å². The average Bonchev–Trinajstić information content (AvgIpc) is 3.44. The number of amides is 2. The maximum absolute atomic E-state index is 13.2. The Kier molecular flexibility index (Phi) is 4.55. The number of hydrogen-bond donors (Lipinski definition) is 1. The molecule has 1 N–H and O–H groups in total. The van der Waals surface area contributed by atoms with Gasteiger partial charge in [-0.05, 0) is 38.2 Å². The summed E-state index contributed by atoms with van der Waals surface area (Å²) in [4.78, 5) is 27.7. The van der Waals surface area contributed by atoms with Gasteiger partial charge in [-0.25, -0.2) is 0 Å². The quantitative estimate of drug-likeness (QED) is 0.890. The van der Waals surface area contributed by atoms with Gasteiger partial charge < -0.3 is 10.2 Å².